The Balaban J connectivity index is 2.16. The van der Waals surface area contributed by atoms with Crippen molar-refractivity contribution in [1.29, 1.82) is 0 Å². The van der Waals surface area contributed by atoms with Gasteiger partial charge in [-0.2, -0.15) is 0 Å². The fourth-order valence-corrected chi connectivity index (χ4v) is 2.85. The highest BCUT2D eigenvalue weighted by atomic mass is 16.1. The topological polar surface area (TPSA) is 72.3 Å². The Bertz CT molecular complexity index is 462. The predicted octanol–water partition coefficient (Wildman–Crippen LogP) is 2.24. The third-order valence-electron chi connectivity index (χ3n) is 4.17. The lowest BCUT2D eigenvalue weighted by atomic mass is 9.86. The number of nitrogens with zero attached hydrogens (tertiary/aromatic N) is 1. The molecule has 0 unspecified atom stereocenters. The van der Waals surface area contributed by atoms with Gasteiger partial charge in [0.2, 0.25) is 0 Å². The lowest BCUT2D eigenvalue weighted by Gasteiger charge is -2.36. The van der Waals surface area contributed by atoms with E-state index in [1.165, 1.54) is 12.8 Å². The first kappa shape index (κ1) is 13.7. The van der Waals surface area contributed by atoms with Crippen molar-refractivity contribution in [2.24, 2.45) is 17.6 Å². The minimum absolute atomic E-state index is 0.420. The first-order valence-corrected chi connectivity index (χ1v) is 6.94. The van der Waals surface area contributed by atoms with E-state index in [-0.39, 0.29) is 0 Å². The molecule has 1 aliphatic heterocycles. The van der Waals surface area contributed by atoms with Crippen LogP contribution in [0.3, 0.4) is 0 Å². The molecule has 0 spiro atoms. The number of piperidine rings is 1. The number of rotatable bonds is 3. The number of primary amides is 1. The highest BCUT2D eigenvalue weighted by Crippen LogP contribution is 2.32. The maximum absolute atomic E-state index is 11.3. The zero-order chi connectivity index (χ0) is 14.0. The van der Waals surface area contributed by atoms with Crippen LogP contribution >= 0.6 is 0 Å². The average Bonchev–Trinajstić information content (AvgIpc) is 2.38. The standard InChI is InChI=1S/C15H23N3O/c1-10(2)11-6-8-18(9-7-11)13-5-3-4-12(14(13)16)15(17)19/h3-5,10-11H,6-9,16H2,1-2H3,(H2,17,19). The molecule has 19 heavy (non-hydrogen) atoms. The van der Waals surface area contributed by atoms with Gasteiger partial charge in [0.15, 0.2) is 0 Å². The quantitative estimate of drug-likeness (QED) is 0.820. The van der Waals surface area contributed by atoms with Crippen LogP contribution in [0.1, 0.15) is 37.0 Å². The number of nitrogens with two attached hydrogens (primary N) is 2. The fourth-order valence-electron chi connectivity index (χ4n) is 2.85. The van der Waals surface area contributed by atoms with Crippen molar-refractivity contribution in [2.75, 3.05) is 23.7 Å². The predicted molar refractivity (Wildman–Crippen MR) is 79.1 cm³/mol. The molecule has 1 saturated heterocycles. The number of amides is 1. The minimum atomic E-state index is -0.462. The minimum Gasteiger partial charge on any atom is -0.396 e. The number of benzene rings is 1. The molecule has 4 nitrogen and oxygen atoms in total. The molecule has 0 bridgehead atoms. The Hall–Kier alpha value is -1.71. The van der Waals surface area contributed by atoms with E-state index in [1.54, 1.807) is 6.07 Å². The molecule has 4 N–H and O–H groups in total. The van der Waals surface area contributed by atoms with Gasteiger partial charge in [0.05, 0.1) is 16.9 Å². The van der Waals surface area contributed by atoms with Crippen LogP contribution < -0.4 is 16.4 Å². The molecule has 1 aliphatic rings. The summed E-state index contributed by atoms with van der Waals surface area (Å²) in [6, 6.07) is 5.50. The molecule has 1 fully saturated rings. The molecule has 1 aromatic rings. The van der Waals surface area contributed by atoms with Gasteiger partial charge in [0.25, 0.3) is 5.91 Å². The average molecular weight is 261 g/mol. The summed E-state index contributed by atoms with van der Waals surface area (Å²) >= 11 is 0. The van der Waals surface area contributed by atoms with Gasteiger partial charge >= 0.3 is 0 Å². The molecule has 4 heteroatoms. The summed E-state index contributed by atoms with van der Waals surface area (Å²) in [4.78, 5) is 13.6. The molecule has 0 aliphatic carbocycles. The van der Waals surface area contributed by atoms with Crippen LogP contribution in [0.25, 0.3) is 0 Å². The van der Waals surface area contributed by atoms with E-state index < -0.39 is 5.91 Å². The first-order chi connectivity index (χ1) is 9.00. The van der Waals surface area contributed by atoms with Crippen molar-refractivity contribution in [1.82, 2.24) is 0 Å². The lowest BCUT2D eigenvalue weighted by Crippen LogP contribution is -2.35. The SMILES string of the molecule is CC(C)C1CCN(c2cccc(C(N)=O)c2N)CC1. The zero-order valence-electron chi connectivity index (χ0n) is 11.7. The highest BCUT2D eigenvalue weighted by molar-refractivity contribution is 6.00. The van der Waals surface area contributed by atoms with Crippen molar-refractivity contribution < 1.29 is 4.79 Å². The van der Waals surface area contributed by atoms with Crippen LogP contribution in [0.4, 0.5) is 11.4 Å². The van der Waals surface area contributed by atoms with Crippen molar-refractivity contribution in [2.45, 2.75) is 26.7 Å². The number of nitrogen functional groups attached to an aromatic ring is 1. The van der Waals surface area contributed by atoms with E-state index in [0.29, 0.717) is 11.3 Å². The molecule has 1 aromatic carbocycles. The summed E-state index contributed by atoms with van der Waals surface area (Å²) in [7, 11) is 0. The monoisotopic (exact) mass is 261 g/mol. The fraction of sp³-hybridized carbons (Fsp3) is 0.533. The summed E-state index contributed by atoms with van der Waals surface area (Å²) in [6.45, 7) is 6.55. The Labute approximate surface area is 114 Å². The molecule has 0 aromatic heterocycles. The number of anilines is 2. The van der Waals surface area contributed by atoms with Gasteiger partial charge in [0, 0.05) is 13.1 Å². The van der Waals surface area contributed by atoms with Crippen molar-refractivity contribution in [3.8, 4) is 0 Å². The number of carbonyl (C=O) groups excluding carboxylic acids is 1. The Morgan fingerprint density at radius 2 is 1.95 bits per heavy atom. The normalized spacial score (nSPS) is 16.9. The van der Waals surface area contributed by atoms with E-state index in [4.69, 9.17) is 11.5 Å². The van der Waals surface area contributed by atoms with Crippen molar-refractivity contribution in [3.63, 3.8) is 0 Å². The Kier molecular flexibility index (Phi) is 3.98. The van der Waals surface area contributed by atoms with E-state index in [2.05, 4.69) is 18.7 Å². The van der Waals surface area contributed by atoms with Gasteiger partial charge in [-0.25, -0.2) is 0 Å². The smallest absolute Gasteiger partial charge is 0.250 e. The first-order valence-electron chi connectivity index (χ1n) is 6.94. The highest BCUT2D eigenvalue weighted by Gasteiger charge is 2.23. The second-order valence-electron chi connectivity index (χ2n) is 5.67. The van der Waals surface area contributed by atoms with Gasteiger partial charge < -0.3 is 16.4 Å². The van der Waals surface area contributed by atoms with Crippen LogP contribution in [0.15, 0.2) is 18.2 Å². The molecule has 0 atom stereocenters. The third-order valence-corrected chi connectivity index (χ3v) is 4.17. The van der Waals surface area contributed by atoms with Crippen molar-refractivity contribution in [3.05, 3.63) is 23.8 Å². The van der Waals surface area contributed by atoms with Gasteiger partial charge in [-0.1, -0.05) is 19.9 Å². The van der Waals surface area contributed by atoms with Crippen LogP contribution in [0.2, 0.25) is 0 Å². The molecule has 1 amide bonds. The van der Waals surface area contributed by atoms with E-state index in [0.717, 1.165) is 30.6 Å². The second kappa shape index (κ2) is 5.51. The maximum atomic E-state index is 11.3. The summed E-state index contributed by atoms with van der Waals surface area (Å²) in [5.41, 5.74) is 13.3. The molecular formula is C15H23N3O. The van der Waals surface area contributed by atoms with Gasteiger partial charge in [-0.05, 0) is 36.8 Å². The van der Waals surface area contributed by atoms with Crippen molar-refractivity contribution >= 4 is 17.3 Å². The Morgan fingerprint density at radius 3 is 2.47 bits per heavy atom. The summed E-state index contributed by atoms with van der Waals surface area (Å²) in [5.74, 6) is 1.06. The molecule has 1 heterocycles. The molecule has 0 saturated carbocycles. The van der Waals surface area contributed by atoms with E-state index >= 15 is 0 Å². The lowest BCUT2D eigenvalue weighted by molar-refractivity contribution is 0.100. The Morgan fingerprint density at radius 1 is 1.32 bits per heavy atom. The summed E-state index contributed by atoms with van der Waals surface area (Å²) in [6.07, 6.45) is 2.36. The van der Waals surface area contributed by atoms with E-state index in [9.17, 15) is 4.79 Å². The molecular weight excluding hydrogens is 238 g/mol. The molecule has 2 rings (SSSR count). The van der Waals surface area contributed by atoms with Crippen LogP contribution in [0, 0.1) is 11.8 Å². The number of hydrogen-bond acceptors (Lipinski definition) is 3. The largest absolute Gasteiger partial charge is 0.396 e. The molecule has 104 valence electrons. The molecule has 0 radical (unpaired) electrons. The van der Waals surface area contributed by atoms with Gasteiger partial charge in [0.1, 0.15) is 0 Å². The summed E-state index contributed by atoms with van der Waals surface area (Å²) < 4.78 is 0. The maximum Gasteiger partial charge on any atom is 0.250 e. The number of para-hydroxylation sites is 1. The third kappa shape index (κ3) is 2.83. The van der Waals surface area contributed by atoms with Gasteiger partial charge in [-0.3, -0.25) is 4.79 Å². The second-order valence-corrected chi connectivity index (χ2v) is 5.67. The zero-order valence-corrected chi connectivity index (χ0v) is 11.7. The van der Waals surface area contributed by atoms with Crippen LogP contribution in [-0.4, -0.2) is 19.0 Å². The van der Waals surface area contributed by atoms with Crippen LogP contribution in [-0.2, 0) is 0 Å². The van der Waals surface area contributed by atoms with E-state index in [1.807, 2.05) is 12.1 Å². The number of carbonyl (C=O) groups is 1. The van der Waals surface area contributed by atoms with Gasteiger partial charge in [-0.15, -0.1) is 0 Å². The number of hydrogen-bond donors (Lipinski definition) is 2. The van der Waals surface area contributed by atoms with Crippen LogP contribution in [0.5, 0.6) is 0 Å². The summed E-state index contributed by atoms with van der Waals surface area (Å²) in [5, 5.41) is 0.